The van der Waals surface area contributed by atoms with Crippen LogP contribution >= 0.6 is 0 Å². The fourth-order valence-electron chi connectivity index (χ4n) is 3.37. The first-order valence-corrected chi connectivity index (χ1v) is 10.4. The summed E-state index contributed by atoms with van der Waals surface area (Å²) < 4.78 is 39.3. The molecule has 0 saturated carbocycles. The molecule has 0 bridgehead atoms. The lowest BCUT2D eigenvalue weighted by atomic mass is 10.0. The van der Waals surface area contributed by atoms with E-state index in [2.05, 4.69) is 10.5 Å². The number of nitrogens with zero attached hydrogens (tertiary/aromatic N) is 2. The molecule has 2 aromatic carbocycles. The second-order valence-corrected chi connectivity index (χ2v) is 9.09. The number of carbonyl (C=O) groups excluding carboxylic acids is 1. The molecule has 172 valence electrons. The highest BCUT2D eigenvalue weighted by atomic mass is 19.4. The van der Waals surface area contributed by atoms with E-state index in [-0.39, 0.29) is 25.2 Å². The monoisotopic (exact) mass is 447 g/mol. The second kappa shape index (κ2) is 9.22. The summed E-state index contributed by atoms with van der Waals surface area (Å²) in [6.45, 7) is 7.75. The number of hydrogen-bond acceptors (Lipinski definition) is 3. The van der Waals surface area contributed by atoms with Crippen LogP contribution in [0.2, 0.25) is 0 Å². The van der Waals surface area contributed by atoms with Crippen molar-refractivity contribution in [3.63, 3.8) is 0 Å². The van der Waals surface area contributed by atoms with Gasteiger partial charge in [-0.15, -0.1) is 0 Å². The van der Waals surface area contributed by atoms with E-state index in [0.717, 1.165) is 29.0 Å². The van der Waals surface area contributed by atoms with Gasteiger partial charge in [0.05, 0.1) is 17.8 Å². The third-order valence-electron chi connectivity index (χ3n) is 4.94. The van der Waals surface area contributed by atoms with E-state index >= 15 is 0 Å². The Morgan fingerprint density at radius 2 is 1.84 bits per heavy atom. The number of urea groups is 1. The van der Waals surface area contributed by atoms with Crippen LogP contribution < -0.4 is 5.32 Å². The van der Waals surface area contributed by atoms with Gasteiger partial charge in [-0.3, -0.25) is 0 Å². The molecule has 5 nitrogen and oxygen atoms in total. The molecule has 0 aromatic heterocycles. The first-order valence-electron chi connectivity index (χ1n) is 10.4. The smallest absolute Gasteiger partial charge is 0.390 e. The molecule has 2 aromatic rings. The zero-order valence-corrected chi connectivity index (χ0v) is 18.7. The topological polar surface area (TPSA) is 53.9 Å². The Morgan fingerprint density at radius 3 is 2.47 bits per heavy atom. The van der Waals surface area contributed by atoms with E-state index in [1.807, 2.05) is 52.0 Å². The molecule has 32 heavy (non-hydrogen) atoms. The molecule has 1 N–H and O–H groups in total. The van der Waals surface area contributed by atoms with Crippen LogP contribution in [0.4, 0.5) is 18.0 Å². The molecule has 2 amide bonds. The highest BCUT2D eigenvalue weighted by Crippen LogP contribution is 2.30. The maximum atomic E-state index is 13.1. The average molecular weight is 448 g/mol. The molecule has 1 aliphatic heterocycles. The number of nitrogens with one attached hydrogen (secondary N) is 1. The number of aryl methyl sites for hydroxylation is 1. The summed E-state index contributed by atoms with van der Waals surface area (Å²) in [6, 6.07) is 12.6. The number of amides is 2. The van der Waals surface area contributed by atoms with E-state index in [0.29, 0.717) is 12.0 Å². The Bertz CT molecular complexity index is 979. The maximum absolute atomic E-state index is 13.1. The van der Waals surface area contributed by atoms with Crippen molar-refractivity contribution >= 4 is 11.7 Å². The van der Waals surface area contributed by atoms with Gasteiger partial charge in [-0.05, 0) is 51.0 Å². The fourth-order valence-corrected chi connectivity index (χ4v) is 3.37. The van der Waals surface area contributed by atoms with Crippen LogP contribution in [0.3, 0.4) is 0 Å². The third kappa shape index (κ3) is 6.48. The molecular weight excluding hydrogens is 419 g/mol. The van der Waals surface area contributed by atoms with Crippen LogP contribution in [-0.2, 0) is 17.6 Å². The molecule has 3 rings (SSSR count). The number of rotatable bonds is 5. The van der Waals surface area contributed by atoms with Gasteiger partial charge < -0.3 is 15.1 Å². The SMILES string of the molecule is Cc1ccc(C2=NO[C@@H](CN(Cc3cccc(C(F)(F)F)c3)C(=O)NC(C)(C)C)C2)cc1. The number of oxime groups is 1. The minimum atomic E-state index is -4.44. The van der Waals surface area contributed by atoms with E-state index in [9.17, 15) is 18.0 Å². The average Bonchev–Trinajstić information content (AvgIpc) is 3.15. The van der Waals surface area contributed by atoms with Gasteiger partial charge >= 0.3 is 12.2 Å². The first kappa shape index (κ1) is 23.6. The molecular formula is C24H28F3N3O2. The summed E-state index contributed by atoms with van der Waals surface area (Å²) in [5, 5.41) is 7.05. The van der Waals surface area contributed by atoms with Crippen LogP contribution in [0.15, 0.2) is 53.7 Å². The Kier molecular flexibility index (Phi) is 6.81. The lowest BCUT2D eigenvalue weighted by molar-refractivity contribution is -0.137. The molecule has 0 radical (unpaired) electrons. The van der Waals surface area contributed by atoms with E-state index in [4.69, 9.17) is 4.84 Å². The highest BCUT2D eigenvalue weighted by Gasteiger charge is 2.32. The molecule has 0 saturated heterocycles. The minimum absolute atomic E-state index is 0.0194. The van der Waals surface area contributed by atoms with Gasteiger partial charge in [0.1, 0.15) is 0 Å². The fraction of sp³-hybridized carbons (Fsp3) is 0.417. The van der Waals surface area contributed by atoms with Crippen molar-refractivity contribution in [2.45, 2.75) is 58.5 Å². The molecule has 0 fully saturated rings. The zero-order valence-electron chi connectivity index (χ0n) is 18.7. The summed E-state index contributed by atoms with van der Waals surface area (Å²) in [6.07, 6.45) is -4.33. The Morgan fingerprint density at radius 1 is 1.16 bits per heavy atom. The quantitative estimate of drug-likeness (QED) is 0.657. The van der Waals surface area contributed by atoms with Gasteiger partial charge in [-0.25, -0.2) is 4.79 Å². The van der Waals surface area contributed by atoms with Crippen molar-refractivity contribution in [3.8, 4) is 0 Å². The van der Waals surface area contributed by atoms with Crippen LogP contribution in [0.25, 0.3) is 0 Å². The number of hydrogen-bond donors (Lipinski definition) is 1. The predicted octanol–water partition coefficient (Wildman–Crippen LogP) is 5.52. The molecule has 1 heterocycles. The summed E-state index contributed by atoms with van der Waals surface area (Å²) in [5.74, 6) is 0. The van der Waals surface area contributed by atoms with Crippen molar-refractivity contribution < 1.29 is 22.8 Å². The van der Waals surface area contributed by atoms with Gasteiger partial charge in [0.2, 0.25) is 0 Å². The van der Waals surface area contributed by atoms with Gasteiger partial charge in [-0.1, -0.05) is 47.1 Å². The lowest BCUT2D eigenvalue weighted by Crippen LogP contribution is -2.50. The normalized spacial score (nSPS) is 16.3. The van der Waals surface area contributed by atoms with E-state index < -0.39 is 17.3 Å². The summed E-state index contributed by atoms with van der Waals surface area (Å²) >= 11 is 0. The van der Waals surface area contributed by atoms with Crippen molar-refractivity contribution in [2.24, 2.45) is 5.16 Å². The molecule has 8 heteroatoms. The van der Waals surface area contributed by atoms with Crippen molar-refractivity contribution in [1.29, 1.82) is 0 Å². The van der Waals surface area contributed by atoms with E-state index in [1.54, 1.807) is 6.07 Å². The zero-order chi connectivity index (χ0) is 23.5. The Hall–Kier alpha value is -3.03. The van der Waals surface area contributed by atoms with Gasteiger partial charge in [-0.2, -0.15) is 13.2 Å². The van der Waals surface area contributed by atoms with Gasteiger partial charge in [0.15, 0.2) is 6.10 Å². The lowest BCUT2D eigenvalue weighted by Gasteiger charge is -2.30. The van der Waals surface area contributed by atoms with Crippen LogP contribution in [0, 0.1) is 6.92 Å². The van der Waals surface area contributed by atoms with Crippen molar-refractivity contribution in [1.82, 2.24) is 10.2 Å². The summed E-state index contributed by atoms with van der Waals surface area (Å²) in [4.78, 5) is 20.0. The highest BCUT2D eigenvalue weighted by molar-refractivity contribution is 6.01. The summed E-state index contributed by atoms with van der Waals surface area (Å²) in [5.41, 5.74) is 2.01. The van der Waals surface area contributed by atoms with Crippen LogP contribution in [0.1, 0.15) is 49.4 Å². The molecule has 1 atom stereocenters. The predicted molar refractivity (Wildman–Crippen MR) is 117 cm³/mol. The second-order valence-electron chi connectivity index (χ2n) is 9.09. The standard InChI is InChI=1S/C24H28F3N3O2/c1-16-8-10-18(11-9-16)21-13-20(32-29-21)15-30(22(31)28-23(2,3)4)14-17-6-5-7-19(12-17)24(25,26)27/h5-12,20H,13-15H2,1-4H3,(H,28,31)/t20-/m1/s1. The van der Waals surface area contributed by atoms with Gasteiger partial charge in [0, 0.05) is 18.5 Å². The Balaban J connectivity index is 1.74. The van der Waals surface area contributed by atoms with Crippen LogP contribution in [-0.4, -0.2) is 34.8 Å². The number of carbonyl (C=O) groups is 1. The maximum Gasteiger partial charge on any atom is 0.416 e. The molecule has 0 unspecified atom stereocenters. The molecule has 0 aliphatic carbocycles. The summed E-state index contributed by atoms with van der Waals surface area (Å²) in [7, 11) is 0. The Labute approximate surface area is 186 Å². The number of alkyl halides is 3. The van der Waals surface area contributed by atoms with E-state index in [1.165, 1.54) is 11.0 Å². The third-order valence-corrected chi connectivity index (χ3v) is 4.94. The number of halogens is 3. The number of benzene rings is 2. The van der Waals surface area contributed by atoms with Crippen molar-refractivity contribution in [2.75, 3.05) is 6.54 Å². The largest absolute Gasteiger partial charge is 0.416 e. The van der Waals surface area contributed by atoms with Crippen molar-refractivity contribution in [3.05, 3.63) is 70.8 Å². The molecule has 1 aliphatic rings. The van der Waals surface area contributed by atoms with Gasteiger partial charge in [0.25, 0.3) is 0 Å². The first-order chi connectivity index (χ1) is 14.9. The van der Waals surface area contributed by atoms with Crippen LogP contribution in [0.5, 0.6) is 0 Å². The molecule has 0 spiro atoms. The minimum Gasteiger partial charge on any atom is -0.390 e.